The molecule has 0 fully saturated rings. The zero-order valence-corrected chi connectivity index (χ0v) is 12.1. The number of sulfonamides is 1. The van der Waals surface area contributed by atoms with Gasteiger partial charge in [-0.1, -0.05) is 5.16 Å². The number of oxime groups is 1. The van der Waals surface area contributed by atoms with E-state index in [0.29, 0.717) is 0 Å². The Morgan fingerprint density at radius 1 is 1.40 bits per heavy atom. The molecule has 0 spiro atoms. The van der Waals surface area contributed by atoms with Crippen LogP contribution in [-0.2, 0) is 10.0 Å². The summed E-state index contributed by atoms with van der Waals surface area (Å²) in [5.74, 6) is -3.11. The van der Waals surface area contributed by atoms with Gasteiger partial charge in [-0.05, 0) is 13.8 Å². The molecule has 1 unspecified atom stereocenters. The van der Waals surface area contributed by atoms with Crippen LogP contribution in [-0.4, -0.2) is 50.5 Å². The van der Waals surface area contributed by atoms with Crippen LogP contribution in [0.1, 0.15) is 13.8 Å². The minimum atomic E-state index is -4.67. The van der Waals surface area contributed by atoms with Gasteiger partial charge in [0.2, 0.25) is 10.0 Å². The molecule has 0 aromatic heterocycles. The van der Waals surface area contributed by atoms with E-state index in [9.17, 15) is 21.6 Å². The molecule has 5 N–H and O–H groups in total. The van der Waals surface area contributed by atoms with Crippen molar-refractivity contribution in [3.8, 4) is 0 Å². The van der Waals surface area contributed by atoms with E-state index in [1.165, 1.54) is 13.8 Å². The lowest BCUT2D eigenvalue weighted by atomic mass is 10.1. The zero-order valence-electron chi connectivity index (χ0n) is 11.3. The topological polar surface area (TPSA) is 117 Å². The fourth-order valence-corrected chi connectivity index (χ4v) is 2.60. The predicted molar refractivity (Wildman–Crippen MR) is 67.9 cm³/mol. The van der Waals surface area contributed by atoms with Crippen molar-refractivity contribution < 1.29 is 26.8 Å². The Bertz CT molecular complexity index is 448. The minimum absolute atomic E-state index is 0.0641. The molecular formula is C9H19F3N4O3S. The first-order chi connectivity index (χ1) is 8.78. The van der Waals surface area contributed by atoms with E-state index in [1.807, 2.05) is 0 Å². The van der Waals surface area contributed by atoms with Gasteiger partial charge in [0.1, 0.15) is 5.92 Å². The summed E-state index contributed by atoms with van der Waals surface area (Å²) in [5.41, 5.74) is 4.01. The van der Waals surface area contributed by atoms with Gasteiger partial charge >= 0.3 is 6.18 Å². The van der Waals surface area contributed by atoms with E-state index in [0.717, 1.165) is 6.26 Å². The molecule has 0 aliphatic heterocycles. The van der Waals surface area contributed by atoms with E-state index < -0.39 is 40.0 Å². The van der Waals surface area contributed by atoms with Gasteiger partial charge in [-0.15, -0.1) is 0 Å². The van der Waals surface area contributed by atoms with Crippen molar-refractivity contribution in [2.45, 2.75) is 25.6 Å². The van der Waals surface area contributed by atoms with Crippen LogP contribution in [0.4, 0.5) is 13.2 Å². The third-order valence-electron chi connectivity index (χ3n) is 2.24. The first kappa shape index (κ1) is 18.9. The Kier molecular flexibility index (Phi) is 6.24. The maximum atomic E-state index is 12.6. The van der Waals surface area contributed by atoms with Crippen LogP contribution in [0.3, 0.4) is 0 Å². The van der Waals surface area contributed by atoms with Crippen molar-refractivity contribution in [3.63, 3.8) is 0 Å². The molecule has 0 aliphatic carbocycles. The SMILES string of the molecule is CC(C)(CNCC(C(N)=NO)C(F)(F)F)NS(C)(=O)=O. The molecule has 0 amide bonds. The van der Waals surface area contributed by atoms with Gasteiger partial charge in [0.05, 0.1) is 6.26 Å². The first-order valence-corrected chi connectivity index (χ1v) is 7.41. The summed E-state index contributed by atoms with van der Waals surface area (Å²) in [6.45, 7) is 2.32. The molecule has 11 heteroatoms. The van der Waals surface area contributed by atoms with E-state index in [4.69, 9.17) is 10.9 Å². The van der Waals surface area contributed by atoms with Crippen LogP contribution in [0.5, 0.6) is 0 Å². The fraction of sp³-hybridized carbons (Fsp3) is 0.889. The van der Waals surface area contributed by atoms with Crippen molar-refractivity contribution >= 4 is 15.9 Å². The molecule has 7 nitrogen and oxygen atoms in total. The number of halogens is 3. The molecule has 0 bridgehead atoms. The van der Waals surface area contributed by atoms with Crippen molar-refractivity contribution in [2.75, 3.05) is 19.3 Å². The molecule has 120 valence electrons. The molecule has 0 saturated heterocycles. The molecule has 1 atom stereocenters. The molecular weight excluding hydrogens is 301 g/mol. The molecule has 0 aromatic carbocycles. The Balaban J connectivity index is 4.60. The number of hydrogen-bond acceptors (Lipinski definition) is 5. The molecule has 0 aliphatic rings. The lowest BCUT2D eigenvalue weighted by Gasteiger charge is -2.27. The van der Waals surface area contributed by atoms with Crippen molar-refractivity contribution in [3.05, 3.63) is 0 Å². The van der Waals surface area contributed by atoms with Gasteiger partial charge < -0.3 is 16.3 Å². The number of nitrogens with one attached hydrogen (secondary N) is 2. The summed E-state index contributed by atoms with van der Waals surface area (Å²) in [6, 6.07) is 0. The van der Waals surface area contributed by atoms with E-state index in [2.05, 4.69) is 15.2 Å². The Hall–Kier alpha value is -1.07. The van der Waals surface area contributed by atoms with Gasteiger partial charge in [-0.3, -0.25) is 0 Å². The Labute approximate surface area is 115 Å². The second-order valence-electron chi connectivity index (χ2n) is 5.01. The molecule has 20 heavy (non-hydrogen) atoms. The number of amidine groups is 1. The molecule has 0 saturated carbocycles. The average molecular weight is 320 g/mol. The monoisotopic (exact) mass is 320 g/mol. The summed E-state index contributed by atoms with van der Waals surface area (Å²) < 4.78 is 62.3. The largest absolute Gasteiger partial charge is 0.409 e. The Morgan fingerprint density at radius 2 is 1.90 bits per heavy atom. The van der Waals surface area contributed by atoms with Crippen LogP contribution in [0.25, 0.3) is 0 Å². The molecule has 0 radical (unpaired) electrons. The van der Waals surface area contributed by atoms with Gasteiger partial charge in [0, 0.05) is 18.6 Å². The lowest BCUT2D eigenvalue weighted by Crippen LogP contribution is -2.52. The van der Waals surface area contributed by atoms with Gasteiger partial charge in [0.15, 0.2) is 5.84 Å². The summed E-state index contributed by atoms with van der Waals surface area (Å²) in [4.78, 5) is 0. The fourth-order valence-electron chi connectivity index (χ4n) is 1.52. The second kappa shape index (κ2) is 6.59. The van der Waals surface area contributed by atoms with Gasteiger partial charge in [0.25, 0.3) is 0 Å². The third-order valence-corrected chi connectivity index (χ3v) is 3.17. The smallest absolute Gasteiger partial charge is 0.400 e. The molecule has 0 aromatic rings. The highest BCUT2D eigenvalue weighted by atomic mass is 32.2. The van der Waals surface area contributed by atoms with Gasteiger partial charge in [-0.25, -0.2) is 13.1 Å². The second-order valence-corrected chi connectivity index (χ2v) is 6.76. The van der Waals surface area contributed by atoms with Crippen LogP contribution >= 0.6 is 0 Å². The van der Waals surface area contributed by atoms with Crippen molar-refractivity contribution in [1.29, 1.82) is 0 Å². The lowest BCUT2D eigenvalue weighted by molar-refractivity contribution is -0.155. The van der Waals surface area contributed by atoms with E-state index >= 15 is 0 Å². The number of nitrogens with zero attached hydrogens (tertiary/aromatic N) is 1. The van der Waals surface area contributed by atoms with E-state index in [1.54, 1.807) is 0 Å². The number of hydrogen-bond donors (Lipinski definition) is 4. The summed E-state index contributed by atoms with van der Waals surface area (Å²) in [7, 11) is -3.48. The molecule has 0 heterocycles. The van der Waals surface area contributed by atoms with Crippen LogP contribution in [0.2, 0.25) is 0 Å². The Morgan fingerprint density at radius 3 is 2.25 bits per heavy atom. The average Bonchev–Trinajstić information content (AvgIpc) is 2.18. The number of nitrogens with two attached hydrogens (primary N) is 1. The van der Waals surface area contributed by atoms with Crippen LogP contribution in [0, 0.1) is 5.92 Å². The minimum Gasteiger partial charge on any atom is -0.409 e. The molecule has 0 rings (SSSR count). The highest BCUT2D eigenvalue weighted by Crippen LogP contribution is 2.25. The maximum Gasteiger partial charge on any atom is 0.400 e. The van der Waals surface area contributed by atoms with Crippen molar-refractivity contribution in [2.24, 2.45) is 16.8 Å². The van der Waals surface area contributed by atoms with E-state index in [-0.39, 0.29) is 6.54 Å². The normalized spacial score (nSPS) is 16.2. The summed E-state index contributed by atoms with van der Waals surface area (Å²) in [6.07, 6.45) is -3.72. The van der Waals surface area contributed by atoms with Crippen molar-refractivity contribution in [1.82, 2.24) is 10.0 Å². The number of alkyl halides is 3. The summed E-state index contributed by atoms with van der Waals surface area (Å²) >= 11 is 0. The van der Waals surface area contributed by atoms with Crippen LogP contribution < -0.4 is 15.8 Å². The predicted octanol–water partition coefficient (Wildman–Crippen LogP) is -0.171. The standard InChI is InChI=1S/C9H19F3N4O3S/c1-8(2,16-20(3,18)19)5-14-4-6(7(13)15-17)9(10,11)12/h6,14,16-17H,4-5H2,1-3H3,(H2,13,15). The van der Waals surface area contributed by atoms with Crippen LogP contribution in [0.15, 0.2) is 5.16 Å². The highest BCUT2D eigenvalue weighted by molar-refractivity contribution is 7.88. The van der Waals surface area contributed by atoms with Gasteiger partial charge in [-0.2, -0.15) is 13.2 Å². The maximum absolute atomic E-state index is 12.6. The third kappa shape index (κ3) is 7.50. The number of rotatable bonds is 7. The quantitative estimate of drug-likeness (QED) is 0.225. The highest BCUT2D eigenvalue weighted by Gasteiger charge is 2.42. The summed E-state index contributed by atoms with van der Waals surface area (Å²) in [5, 5.41) is 13.1. The first-order valence-electron chi connectivity index (χ1n) is 5.52. The zero-order chi connectivity index (χ0) is 16.2.